The van der Waals surface area contributed by atoms with Crippen LogP contribution in [0.15, 0.2) is 54.9 Å². The number of rotatable bonds is 11. The van der Waals surface area contributed by atoms with E-state index in [4.69, 9.17) is 0 Å². The van der Waals surface area contributed by atoms with Gasteiger partial charge >= 0.3 is 0 Å². The van der Waals surface area contributed by atoms with Gasteiger partial charge in [0.2, 0.25) is 5.91 Å². The van der Waals surface area contributed by atoms with Crippen molar-refractivity contribution in [1.29, 1.82) is 0 Å². The minimum Gasteiger partial charge on any atom is -0.388 e. The molecule has 0 aliphatic rings. The second-order valence-corrected chi connectivity index (χ2v) is 9.46. The van der Waals surface area contributed by atoms with Gasteiger partial charge < -0.3 is 10.4 Å². The zero-order valence-corrected chi connectivity index (χ0v) is 20.8. The van der Waals surface area contributed by atoms with Crippen molar-refractivity contribution in [1.82, 2.24) is 15.3 Å². The molecule has 2 unspecified atom stereocenters. The minimum absolute atomic E-state index is 0.0305. The third-order valence-corrected chi connectivity index (χ3v) is 6.32. The maximum Gasteiger partial charge on any atom is 0.224 e. The maximum atomic E-state index is 12.3. The van der Waals surface area contributed by atoms with Crippen LogP contribution in [0.1, 0.15) is 65.1 Å². The van der Waals surface area contributed by atoms with E-state index in [-0.39, 0.29) is 5.91 Å². The molecule has 2 N–H and O–H groups in total. The van der Waals surface area contributed by atoms with Gasteiger partial charge in [0.1, 0.15) is 0 Å². The summed E-state index contributed by atoms with van der Waals surface area (Å²) in [4.78, 5) is 21.2. The molecule has 2 heterocycles. The molecule has 2 aromatic heterocycles. The van der Waals surface area contributed by atoms with Crippen molar-refractivity contribution in [2.45, 2.75) is 65.9 Å². The van der Waals surface area contributed by atoms with Crippen LogP contribution in [0.25, 0.3) is 0 Å². The minimum atomic E-state index is -0.591. The zero-order valence-electron chi connectivity index (χ0n) is 20.8. The Morgan fingerprint density at radius 1 is 1.06 bits per heavy atom. The third-order valence-electron chi connectivity index (χ3n) is 6.32. The van der Waals surface area contributed by atoms with Crippen molar-refractivity contribution in [3.05, 3.63) is 94.1 Å². The summed E-state index contributed by atoms with van der Waals surface area (Å²) in [6.45, 7) is 9.07. The lowest BCUT2D eigenvalue weighted by atomic mass is 9.97. The van der Waals surface area contributed by atoms with E-state index in [1.807, 2.05) is 49.5 Å². The Balaban J connectivity index is 1.38. The normalized spacial score (nSPS) is 12.9. The lowest BCUT2D eigenvalue weighted by Gasteiger charge is -2.14. The van der Waals surface area contributed by atoms with Crippen molar-refractivity contribution in [2.75, 3.05) is 6.54 Å². The van der Waals surface area contributed by atoms with Gasteiger partial charge in [-0.05, 0) is 79.8 Å². The molecule has 0 saturated heterocycles. The Morgan fingerprint density at radius 2 is 1.82 bits per heavy atom. The summed E-state index contributed by atoms with van der Waals surface area (Å²) in [6.07, 6.45) is 6.96. The molecule has 0 fully saturated rings. The van der Waals surface area contributed by atoms with Gasteiger partial charge in [-0.2, -0.15) is 0 Å². The van der Waals surface area contributed by atoms with Crippen LogP contribution in [0.5, 0.6) is 0 Å². The van der Waals surface area contributed by atoms with Crippen LogP contribution in [-0.4, -0.2) is 27.5 Å². The fourth-order valence-corrected chi connectivity index (χ4v) is 4.23. The zero-order chi connectivity index (χ0) is 24.5. The Kier molecular flexibility index (Phi) is 9.34. The molecule has 1 aromatic carbocycles. The second-order valence-electron chi connectivity index (χ2n) is 9.46. The highest BCUT2D eigenvalue weighted by molar-refractivity contribution is 5.78. The molecular weight excluding hydrogens is 422 g/mol. The number of amides is 1. The molecular formula is C29H37N3O2. The molecule has 5 nitrogen and oxygen atoms in total. The molecule has 0 saturated carbocycles. The highest BCUT2D eigenvalue weighted by Gasteiger charge is 2.12. The van der Waals surface area contributed by atoms with Gasteiger partial charge in [0.15, 0.2) is 0 Å². The predicted molar refractivity (Wildman–Crippen MR) is 137 cm³/mol. The Morgan fingerprint density at radius 3 is 2.53 bits per heavy atom. The summed E-state index contributed by atoms with van der Waals surface area (Å²) >= 11 is 0. The van der Waals surface area contributed by atoms with Crippen molar-refractivity contribution >= 4 is 5.91 Å². The number of aromatic nitrogens is 2. The van der Waals surface area contributed by atoms with Gasteiger partial charge in [-0.3, -0.25) is 14.8 Å². The van der Waals surface area contributed by atoms with Gasteiger partial charge in [0.05, 0.1) is 12.5 Å². The van der Waals surface area contributed by atoms with E-state index >= 15 is 0 Å². The highest BCUT2D eigenvalue weighted by Crippen LogP contribution is 2.20. The third kappa shape index (κ3) is 7.77. The fourth-order valence-electron chi connectivity index (χ4n) is 4.23. The number of carbonyl (C=O) groups excluding carboxylic acids is 1. The number of benzene rings is 1. The molecule has 0 spiro atoms. The monoisotopic (exact) mass is 459 g/mol. The standard InChI is InChI=1S/C29H37N3O2/c1-20(16-27-22(3)15-21(2)19-32-27)7-5-14-31-29(34)17-24-9-11-25(12-10-24)28(33)18-26-8-6-13-30-23(26)4/h6,8-13,15,19-20,28,33H,5,7,14,16-18H2,1-4H3,(H,31,34). The molecule has 0 bridgehead atoms. The first kappa shape index (κ1) is 25.6. The Hall–Kier alpha value is -3.05. The summed E-state index contributed by atoms with van der Waals surface area (Å²) in [5.74, 6) is 0.559. The van der Waals surface area contributed by atoms with Crippen molar-refractivity contribution in [2.24, 2.45) is 5.92 Å². The Bertz CT molecular complexity index is 1080. The van der Waals surface area contributed by atoms with Crippen LogP contribution in [0.3, 0.4) is 0 Å². The van der Waals surface area contributed by atoms with Gasteiger partial charge in [0.25, 0.3) is 0 Å². The summed E-state index contributed by atoms with van der Waals surface area (Å²) in [6, 6.07) is 13.7. The number of nitrogens with zero attached hydrogens (tertiary/aromatic N) is 2. The maximum absolute atomic E-state index is 12.3. The molecule has 0 aliphatic heterocycles. The van der Waals surface area contributed by atoms with Crippen LogP contribution < -0.4 is 5.32 Å². The number of carbonyl (C=O) groups is 1. The summed E-state index contributed by atoms with van der Waals surface area (Å²) < 4.78 is 0. The lowest BCUT2D eigenvalue weighted by molar-refractivity contribution is -0.120. The largest absolute Gasteiger partial charge is 0.388 e. The number of hydrogen-bond acceptors (Lipinski definition) is 4. The molecule has 0 radical (unpaired) electrons. The number of aryl methyl sites for hydroxylation is 3. The molecule has 34 heavy (non-hydrogen) atoms. The van der Waals surface area contributed by atoms with Crippen LogP contribution in [0.2, 0.25) is 0 Å². The molecule has 5 heteroatoms. The average molecular weight is 460 g/mol. The first-order valence-corrected chi connectivity index (χ1v) is 12.2. The fraction of sp³-hybridized carbons (Fsp3) is 0.414. The average Bonchev–Trinajstić information content (AvgIpc) is 2.80. The van der Waals surface area contributed by atoms with Crippen LogP contribution in [0, 0.1) is 26.7 Å². The van der Waals surface area contributed by atoms with E-state index in [0.29, 0.717) is 25.3 Å². The van der Waals surface area contributed by atoms with E-state index < -0.39 is 6.10 Å². The number of nitrogens with one attached hydrogen (secondary N) is 1. The van der Waals surface area contributed by atoms with Gasteiger partial charge in [-0.1, -0.05) is 43.3 Å². The van der Waals surface area contributed by atoms with Crippen LogP contribution >= 0.6 is 0 Å². The first-order valence-electron chi connectivity index (χ1n) is 12.2. The smallest absolute Gasteiger partial charge is 0.224 e. The Labute approximate surface area is 203 Å². The number of aliphatic hydroxyl groups excluding tert-OH is 1. The number of hydrogen-bond donors (Lipinski definition) is 2. The summed E-state index contributed by atoms with van der Waals surface area (Å²) in [5, 5.41) is 13.6. The highest BCUT2D eigenvalue weighted by atomic mass is 16.3. The van der Waals surface area contributed by atoms with Crippen LogP contribution in [-0.2, 0) is 24.1 Å². The predicted octanol–water partition coefficient (Wildman–Crippen LogP) is 5.00. The quantitative estimate of drug-likeness (QED) is 0.396. The topological polar surface area (TPSA) is 75.1 Å². The van der Waals surface area contributed by atoms with Gasteiger partial charge in [-0.15, -0.1) is 0 Å². The number of pyridine rings is 2. The number of aliphatic hydroxyl groups is 1. The van der Waals surface area contributed by atoms with Gasteiger partial charge in [0, 0.05) is 36.7 Å². The summed E-state index contributed by atoms with van der Waals surface area (Å²) in [7, 11) is 0. The molecule has 3 rings (SSSR count). The SMILES string of the molecule is Cc1cnc(CC(C)CCCNC(=O)Cc2ccc(C(O)Cc3cccnc3C)cc2)c(C)c1. The van der Waals surface area contributed by atoms with E-state index in [1.165, 1.54) is 16.8 Å². The molecule has 1 amide bonds. The molecule has 180 valence electrons. The molecule has 0 aliphatic carbocycles. The van der Waals surface area contributed by atoms with E-state index in [1.54, 1.807) is 6.20 Å². The second kappa shape index (κ2) is 12.4. The van der Waals surface area contributed by atoms with E-state index in [2.05, 4.69) is 42.1 Å². The van der Waals surface area contributed by atoms with Crippen LogP contribution in [0.4, 0.5) is 0 Å². The van der Waals surface area contributed by atoms with E-state index in [0.717, 1.165) is 41.6 Å². The molecule has 3 aromatic rings. The van der Waals surface area contributed by atoms with Crippen molar-refractivity contribution in [3.63, 3.8) is 0 Å². The lowest BCUT2D eigenvalue weighted by Crippen LogP contribution is -2.26. The summed E-state index contributed by atoms with van der Waals surface area (Å²) in [5.41, 5.74) is 7.39. The van der Waals surface area contributed by atoms with Gasteiger partial charge in [-0.25, -0.2) is 0 Å². The van der Waals surface area contributed by atoms with Crippen molar-refractivity contribution < 1.29 is 9.90 Å². The van der Waals surface area contributed by atoms with Crippen molar-refractivity contribution in [3.8, 4) is 0 Å². The first-order chi connectivity index (χ1) is 16.3. The molecule has 2 atom stereocenters. The van der Waals surface area contributed by atoms with E-state index in [9.17, 15) is 9.90 Å².